The third kappa shape index (κ3) is 2.28. The van der Waals surface area contributed by atoms with E-state index < -0.39 is 5.60 Å². The molecule has 2 nitrogen and oxygen atoms in total. The number of hydrogen-bond acceptors (Lipinski definition) is 2. The van der Waals surface area contributed by atoms with Crippen LogP contribution in [0.5, 0.6) is 5.75 Å². The Morgan fingerprint density at radius 2 is 1.93 bits per heavy atom. The van der Waals surface area contributed by atoms with E-state index in [0.717, 1.165) is 12.0 Å². The summed E-state index contributed by atoms with van der Waals surface area (Å²) in [5.41, 5.74) is 0.633. The molecule has 0 saturated carbocycles. The van der Waals surface area contributed by atoms with Gasteiger partial charge in [0, 0.05) is 5.56 Å². The summed E-state index contributed by atoms with van der Waals surface area (Å²) in [5.74, 6) is 0.120. The Balaban J connectivity index is 3.35. The van der Waals surface area contributed by atoms with E-state index in [-0.39, 0.29) is 5.75 Å². The predicted octanol–water partition coefficient (Wildman–Crippen LogP) is 2.94. The van der Waals surface area contributed by atoms with E-state index in [9.17, 15) is 10.2 Å². The summed E-state index contributed by atoms with van der Waals surface area (Å²) >= 11 is 3.27. The van der Waals surface area contributed by atoms with Gasteiger partial charge in [-0.15, -0.1) is 0 Å². The van der Waals surface area contributed by atoms with Crippen molar-refractivity contribution in [3.05, 3.63) is 27.7 Å². The number of halogens is 1. The molecule has 1 aromatic rings. The van der Waals surface area contributed by atoms with Crippen LogP contribution in [0.3, 0.4) is 0 Å². The molecule has 3 heteroatoms. The molecule has 0 aliphatic heterocycles. The number of benzene rings is 1. The second-order valence-electron chi connectivity index (χ2n) is 3.89. The van der Waals surface area contributed by atoms with Gasteiger partial charge in [0.15, 0.2) is 0 Å². The lowest BCUT2D eigenvalue weighted by Crippen LogP contribution is -2.16. The van der Waals surface area contributed by atoms with Crippen molar-refractivity contribution in [3.8, 4) is 5.75 Å². The van der Waals surface area contributed by atoms with Crippen LogP contribution in [0, 0.1) is 0 Å². The molecular weight excluding hydrogens is 244 g/mol. The van der Waals surface area contributed by atoms with Gasteiger partial charge in [0.2, 0.25) is 0 Å². The maximum Gasteiger partial charge on any atom is 0.135 e. The van der Waals surface area contributed by atoms with Crippen molar-refractivity contribution in [1.82, 2.24) is 0 Å². The first-order chi connectivity index (χ1) is 6.36. The fourth-order valence-electron chi connectivity index (χ4n) is 1.33. The number of hydrogen-bond donors (Lipinski definition) is 2. The molecule has 0 fully saturated rings. The fraction of sp³-hybridized carbons (Fsp3) is 0.455. The van der Waals surface area contributed by atoms with Crippen LogP contribution in [0.1, 0.15) is 31.9 Å². The number of phenols is 1. The first-order valence-electron chi connectivity index (χ1n) is 4.60. The van der Waals surface area contributed by atoms with E-state index in [0.29, 0.717) is 10.0 Å². The molecule has 78 valence electrons. The standard InChI is InChI=1S/C11H15BrO2/c1-4-7-5-8(11(2,3)14)10(13)9(12)6-7/h5-6,13-14H,4H2,1-3H3. The topological polar surface area (TPSA) is 40.5 Å². The lowest BCUT2D eigenvalue weighted by Gasteiger charge is -2.20. The molecule has 0 spiro atoms. The van der Waals surface area contributed by atoms with Crippen molar-refractivity contribution in [2.75, 3.05) is 0 Å². The first kappa shape index (κ1) is 11.5. The summed E-state index contributed by atoms with van der Waals surface area (Å²) < 4.78 is 0.633. The van der Waals surface area contributed by atoms with Crippen LogP contribution in [0.2, 0.25) is 0 Å². The molecule has 0 aliphatic carbocycles. The van der Waals surface area contributed by atoms with Gasteiger partial charge >= 0.3 is 0 Å². The maximum absolute atomic E-state index is 9.83. The largest absolute Gasteiger partial charge is 0.506 e. The van der Waals surface area contributed by atoms with Gasteiger partial charge in [0.1, 0.15) is 5.75 Å². The Hall–Kier alpha value is -0.540. The Morgan fingerprint density at radius 3 is 2.36 bits per heavy atom. The zero-order valence-electron chi connectivity index (χ0n) is 8.63. The third-order valence-corrected chi connectivity index (χ3v) is 2.80. The van der Waals surface area contributed by atoms with E-state index >= 15 is 0 Å². The summed E-state index contributed by atoms with van der Waals surface area (Å²) in [5, 5.41) is 19.6. The Kier molecular flexibility index (Phi) is 3.22. The summed E-state index contributed by atoms with van der Waals surface area (Å²) in [4.78, 5) is 0. The van der Waals surface area contributed by atoms with Gasteiger partial charge in [-0.3, -0.25) is 0 Å². The SMILES string of the molecule is CCc1cc(Br)c(O)c(C(C)(C)O)c1. The van der Waals surface area contributed by atoms with Crippen molar-refractivity contribution in [2.45, 2.75) is 32.8 Å². The lowest BCUT2D eigenvalue weighted by atomic mass is 9.95. The smallest absolute Gasteiger partial charge is 0.135 e. The van der Waals surface area contributed by atoms with Crippen LogP contribution in [-0.4, -0.2) is 10.2 Å². The lowest BCUT2D eigenvalue weighted by molar-refractivity contribution is 0.0756. The second kappa shape index (κ2) is 3.91. The van der Waals surface area contributed by atoms with Gasteiger partial charge in [-0.2, -0.15) is 0 Å². The molecule has 0 aromatic heterocycles. The van der Waals surface area contributed by atoms with Crippen LogP contribution >= 0.6 is 15.9 Å². The van der Waals surface area contributed by atoms with Crippen molar-refractivity contribution < 1.29 is 10.2 Å². The normalized spacial score (nSPS) is 11.8. The minimum atomic E-state index is -1.02. The Morgan fingerprint density at radius 1 is 1.36 bits per heavy atom. The minimum absolute atomic E-state index is 0.120. The molecule has 0 bridgehead atoms. The Bertz CT molecular complexity index is 340. The number of aliphatic hydroxyl groups is 1. The van der Waals surface area contributed by atoms with Gasteiger partial charge in [-0.05, 0) is 53.9 Å². The monoisotopic (exact) mass is 258 g/mol. The summed E-state index contributed by atoms with van der Waals surface area (Å²) in [7, 11) is 0. The summed E-state index contributed by atoms with van der Waals surface area (Å²) in [6.45, 7) is 5.36. The summed E-state index contributed by atoms with van der Waals surface area (Å²) in [6.07, 6.45) is 0.877. The highest BCUT2D eigenvalue weighted by atomic mass is 79.9. The highest BCUT2D eigenvalue weighted by Gasteiger charge is 2.22. The van der Waals surface area contributed by atoms with Crippen molar-refractivity contribution >= 4 is 15.9 Å². The van der Waals surface area contributed by atoms with Crippen molar-refractivity contribution in [3.63, 3.8) is 0 Å². The first-order valence-corrected chi connectivity index (χ1v) is 5.39. The van der Waals surface area contributed by atoms with Gasteiger partial charge in [0.05, 0.1) is 10.1 Å². The van der Waals surface area contributed by atoms with Gasteiger partial charge in [-0.25, -0.2) is 0 Å². The molecule has 14 heavy (non-hydrogen) atoms. The number of aromatic hydroxyl groups is 1. The molecule has 0 amide bonds. The van der Waals surface area contributed by atoms with Gasteiger partial charge in [0.25, 0.3) is 0 Å². The molecule has 0 radical (unpaired) electrons. The molecule has 1 rings (SSSR count). The van der Waals surface area contributed by atoms with Crippen LogP contribution in [0.4, 0.5) is 0 Å². The van der Waals surface area contributed by atoms with Crippen LogP contribution in [0.25, 0.3) is 0 Å². The van der Waals surface area contributed by atoms with Crippen molar-refractivity contribution in [1.29, 1.82) is 0 Å². The van der Waals surface area contributed by atoms with Gasteiger partial charge < -0.3 is 10.2 Å². The average molecular weight is 259 g/mol. The predicted molar refractivity (Wildman–Crippen MR) is 60.4 cm³/mol. The highest BCUT2D eigenvalue weighted by molar-refractivity contribution is 9.10. The second-order valence-corrected chi connectivity index (χ2v) is 4.74. The van der Waals surface area contributed by atoms with Crippen LogP contribution in [0.15, 0.2) is 16.6 Å². The molecule has 0 heterocycles. The number of aryl methyl sites for hydroxylation is 1. The zero-order valence-corrected chi connectivity index (χ0v) is 10.2. The Labute approximate surface area is 92.7 Å². The molecular formula is C11H15BrO2. The quantitative estimate of drug-likeness (QED) is 0.857. The van der Waals surface area contributed by atoms with Crippen molar-refractivity contribution in [2.24, 2.45) is 0 Å². The van der Waals surface area contributed by atoms with E-state index in [4.69, 9.17) is 0 Å². The summed E-state index contributed by atoms with van der Waals surface area (Å²) in [6, 6.07) is 3.70. The average Bonchev–Trinajstić information content (AvgIpc) is 2.07. The molecule has 0 unspecified atom stereocenters. The number of rotatable bonds is 2. The molecule has 2 N–H and O–H groups in total. The highest BCUT2D eigenvalue weighted by Crippen LogP contribution is 2.36. The molecule has 0 aliphatic rings. The minimum Gasteiger partial charge on any atom is -0.506 e. The van der Waals surface area contributed by atoms with Gasteiger partial charge in [-0.1, -0.05) is 6.92 Å². The van der Waals surface area contributed by atoms with E-state index in [1.807, 2.05) is 19.1 Å². The molecule has 1 aromatic carbocycles. The third-order valence-electron chi connectivity index (χ3n) is 2.19. The molecule has 0 saturated heterocycles. The zero-order chi connectivity index (χ0) is 10.9. The van der Waals surface area contributed by atoms with E-state index in [2.05, 4.69) is 15.9 Å². The van der Waals surface area contributed by atoms with Crippen LogP contribution < -0.4 is 0 Å². The van der Waals surface area contributed by atoms with E-state index in [1.165, 1.54) is 0 Å². The fourth-order valence-corrected chi connectivity index (χ4v) is 1.83. The van der Waals surface area contributed by atoms with E-state index in [1.54, 1.807) is 13.8 Å². The molecule has 0 atom stereocenters. The van der Waals surface area contributed by atoms with Crippen LogP contribution in [-0.2, 0) is 12.0 Å². The maximum atomic E-state index is 9.83. The number of phenolic OH excluding ortho intramolecular Hbond substituents is 1.